The third-order valence-electron chi connectivity index (χ3n) is 28.0. The van der Waals surface area contributed by atoms with Crippen molar-refractivity contribution < 1.29 is 66.7 Å². The molecular weight excluding hydrogens is 1770 g/mol. The average molecular weight is 1900 g/mol. The van der Waals surface area contributed by atoms with Crippen LogP contribution < -0.4 is 52.2 Å². The summed E-state index contributed by atoms with van der Waals surface area (Å²) in [5.74, 6) is 0. The summed E-state index contributed by atoms with van der Waals surface area (Å²) in [5, 5.41) is 6.58. The van der Waals surface area contributed by atoms with Crippen molar-refractivity contribution in [3.8, 4) is 22.3 Å². The van der Waals surface area contributed by atoms with Gasteiger partial charge in [0.15, 0.2) is 0 Å². The van der Waals surface area contributed by atoms with Gasteiger partial charge in [-0.3, -0.25) is 0 Å². The molecule has 0 nitrogen and oxygen atoms in total. The molecule has 0 fully saturated rings. The van der Waals surface area contributed by atoms with E-state index in [-0.39, 0.29) is 46.5 Å². The minimum absolute atomic E-state index is 0. The topological polar surface area (TPSA) is 0 Å². The summed E-state index contributed by atoms with van der Waals surface area (Å²) < 4.78 is 10.2. The SMILES string of the molecule is CC[Si](CC)(CC)c1ccc([C](c2ccc([Si](CC)(CC)CC)cc2)=[Hf]([C]2=CC=CC2)[c]2cc(C(C)(C)C)cc3c2Cc2c-3cccc2C(C)(C)C)cc1.CC[Si](CC)(CC)c1ccc([C](c2ccc([Si](CC)(CC)CC)cc2)=[Hf]([C]2=CC=CC2)[c]2cc(C(C)(C)C)cc3c2Cc2c-3cccc2C(C)(C)C)cc1.[Cl-].[Cl-]. The molecular formula is C102H136Cl2Hf2Si4-2. The van der Waals surface area contributed by atoms with E-state index >= 15 is 0 Å². The van der Waals surface area contributed by atoms with Crippen molar-refractivity contribution in [2.24, 2.45) is 0 Å². The Kier molecular flexibility index (Phi) is 29.7. The van der Waals surface area contributed by atoms with Gasteiger partial charge in [-0.15, -0.1) is 0 Å². The van der Waals surface area contributed by atoms with Gasteiger partial charge in [-0.2, -0.15) is 0 Å². The van der Waals surface area contributed by atoms with Gasteiger partial charge in [-0.25, -0.2) is 0 Å². The van der Waals surface area contributed by atoms with E-state index in [2.05, 4.69) is 360 Å². The molecule has 8 heteroatoms. The van der Waals surface area contributed by atoms with Crippen molar-refractivity contribution in [1.82, 2.24) is 0 Å². The number of rotatable bonds is 24. The molecule has 0 heterocycles. The number of benzene rings is 8. The van der Waals surface area contributed by atoms with Crippen molar-refractivity contribution >= 4 is 66.2 Å². The first kappa shape index (κ1) is 89.6. The zero-order valence-electron chi connectivity index (χ0n) is 72.5. The first-order valence-electron chi connectivity index (χ1n) is 42.7. The standard InChI is InChI=1S/2C25H38Si2.2C21H25.2C5H5.2ClH.2Hf/c2*1-7-26(8-2,9-3)24-17-13-22(14-18-24)21-23-15-19-25(20-16-23)27(10-4,11-5)12-6;2*1-20(2,3)15-11-10-14-12-18-16(17(14)13-15)8-7-9-19(18)21(4,5)6;2*1-2-4-5-3-1;;;;/h2*13-20H,7-12H2,1-6H3;2*7-9,11,13H,12H2,1-6H3;2*1-3H,4H2;2*1H;;/p-2. The Bertz CT molecular complexity index is 4290. The van der Waals surface area contributed by atoms with Crippen LogP contribution in [0.15, 0.2) is 201 Å². The Balaban J connectivity index is 0.000000249. The number of fused-ring (bicyclic) bond motifs is 6. The van der Waals surface area contributed by atoms with Gasteiger partial charge in [0.1, 0.15) is 0 Å². The summed E-state index contributed by atoms with van der Waals surface area (Å²) in [5.41, 5.74) is 24.5. The first-order valence-corrected chi connectivity index (χ1v) is 63.9. The van der Waals surface area contributed by atoms with Crippen LogP contribution >= 0.6 is 0 Å². The van der Waals surface area contributed by atoms with Gasteiger partial charge in [-0.05, 0) is 0 Å². The molecule has 0 spiro atoms. The van der Waals surface area contributed by atoms with Crippen molar-refractivity contribution in [3.05, 3.63) is 268 Å². The molecule has 0 saturated carbocycles. The number of hydrogen-bond donors (Lipinski definition) is 0. The molecule has 0 unspecified atom stereocenters. The molecule has 4 aliphatic carbocycles. The second-order valence-corrected chi connectivity index (χ2v) is 75.4. The van der Waals surface area contributed by atoms with Gasteiger partial charge in [0, 0.05) is 0 Å². The summed E-state index contributed by atoms with van der Waals surface area (Å²) in [6, 6.07) is 81.8. The summed E-state index contributed by atoms with van der Waals surface area (Å²) in [6.07, 6.45) is 18.9. The predicted molar refractivity (Wildman–Crippen MR) is 487 cm³/mol. The fraction of sp³-hybridized carbons (Fsp3) is 0.431. The van der Waals surface area contributed by atoms with Gasteiger partial charge in [0.25, 0.3) is 0 Å². The zero-order chi connectivity index (χ0) is 78.1. The minimum Gasteiger partial charge on any atom is -1.00 e. The van der Waals surface area contributed by atoms with E-state index in [9.17, 15) is 0 Å². The van der Waals surface area contributed by atoms with Crippen LogP contribution in [-0.4, -0.2) is 38.8 Å². The maximum Gasteiger partial charge on any atom is -1.00 e. The summed E-state index contributed by atoms with van der Waals surface area (Å²) in [6.45, 7) is 58.1. The van der Waals surface area contributed by atoms with Crippen molar-refractivity contribution in [2.75, 3.05) is 0 Å². The largest absolute Gasteiger partial charge is 1.00 e. The zero-order valence-corrected chi connectivity index (χ0v) is 85.2. The Morgan fingerprint density at radius 1 is 0.300 bits per heavy atom. The van der Waals surface area contributed by atoms with Crippen LogP contribution in [0.2, 0.25) is 72.5 Å². The van der Waals surface area contributed by atoms with E-state index in [1.807, 2.05) is 0 Å². The van der Waals surface area contributed by atoms with E-state index in [4.69, 9.17) is 0 Å². The van der Waals surface area contributed by atoms with Gasteiger partial charge in [0.05, 0.1) is 0 Å². The summed E-state index contributed by atoms with van der Waals surface area (Å²) in [7, 11) is -5.99. The first-order chi connectivity index (χ1) is 51.4. The molecule has 8 aromatic carbocycles. The van der Waals surface area contributed by atoms with Crippen LogP contribution in [0.25, 0.3) is 22.3 Å². The molecule has 4 aliphatic rings. The Morgan fingerprint density at radius 2 is 0.555 bits per heavy atom. The van der Waals surface area contributed by atoms with Gasteiger partial charge >= 0.3 is 684 Å². The molecule has 0 aliphatic heterocycles. The Hall–Kier alpha value is -4.35. The summed E-state index contributed by atoms with van der Waals surface area (Å²) >= 11 is -6.19. The van der Waals surface area contributed by atoms with E-state index in [0.717, 1.165) is 25.7 Å². The molecule has 584 valence electrons. The van der Waals surface area contributed by atoms with Gasteiger partial charge < -0.3 is 24.8 Å². The molecule has 0 atom stereocenters. The van der Waals surface area contributed by atoms with E-state index < -0.39 is 74.2 Å². The third kappa shape index (κ3) is 17.5. The monoisotopic (exact) mass is 1900 g/mol. The molecule has 0 radical (unpaired) electrons. The van der Waals surface area contributed by atoms with E-state index in [1.54, 1.807) is 62.8 Å². The molecule has 0 saturated heterocycles. The van der Waals surface area contributed by atoms with Gasteiger partial charge in [0.2, 0.25) is 0 Å². The van der Waals surface area contributed by atoms with E-state index in [0.29, 0.717) is 0 Å². The van der Waals surface area contributed by atoms with Crippen molar-refractivity contribution in [3.63, 3.8) is 0 Å². The van der Waals surface area contributed by atoms with Gasteiger partial charge in [-0.1, -0.05) is 0 Å². The number of halogens is 2. The van der Waals surface area contributed by atoms with Crippen molar-refractivity contribution in [2.45, 2.75) is 286 Å². The summed E-state index contributed by atoms with van der Waals surface area (Å²) in [4.78, 5) is 0. The molecule has 110 heavy (non-hydrogen) atoms. The quantitative estimate of drug-likeness (QED) is 0.0529. The normalized spacial score (nSPS) is 14.0. The second kappa shape index (κ2) is 36.4. The van der Waals surface area contributed by atoms with Crippen LogP contribution in [0.3, 0.4) is 0 Å². The fourth-order valence-electron chi connectivity index (χ4n) is 19.9. The molecule has 12 rings (SSSR count). The molecule has 0 aromatic heterocycles. The minimum atomic E-state index is -3.10. The Labute approximate surface area is 701 Å². The fourth-order valence-corrected chi connectivity index (χ4v) is 57.7. The second-order valence-electron chi connectivity index (χ2n) is 36.9. The average Bonchev–Trinajstić information content (AvgIpc) is 1.56. The van der Waals surface area contributed by atoms with Crippen LogP contribution in [0.5, 0.6) is 0 Å². The predicted octanol–water partition coefficient (Wildman–Crippen LogP) is 19.3. The maximum absolute atomic E-state index is 3.10. The number of hydrogen-bond acceptors (Lipinski definition) is 0. The van der Waals surface area contributed by atoms with E-state index in [1.165, 1.54) is 139 Å². The van der Waals surface area contributed by atoms with Crippen LogP contribution in [0, 0.1) is 0 Å². The molecule has 8 aromatic rings. The molecule has 0 amide bonds. The molecule has 0 N–H and O–H groups in total. The number of allylic oxidation sites excluding steroid dienone is 8. The smallest absolute Gasteiger partial charge is 1.00 e. The van der Waals surface area contributed by atoms with Crippen LogP contribution in [-0.2, 0) is 76.4 Å². The maximum atomic E-state index is 2.72. The Morgan fingerprint density at radius 3 is 0.764 bits per heavy atom. The van der Waals surface area contributed by atoms with Crippen LogP contribution in [0.1, 0.15) is 246 Å². The van der Waals surface area contributed by atoms with Crippen LogP contribution in [0.4, 0.5) is 0 Å². The third-order valence-corrected chi connectivity index (χ3v) is 72.5. The van der Waals surface area contributed by atoms with Crippen molar-refractivity contribution in [1.29, 1.82) is 0 Å². The molecule has 0 bridgehead atoms.